The van der Waals surface area contributed by atoms with E-state index in [9.17, 15) is 0 Å². The van der Waals surface area contributed by atoms with Gasteiger partial charge in [0.2, 0.25) is 5.95 Å². The molecular formula is C12H12N6O. The number of benzene rings is 1. The highest BCUT2D eigenvalue weighted by Gasteiger charge is 2.08. The summed E-state index contributed by atoms with van der Waals surface area (Å²) in [6, 6.07) is 7.53. The number of aromatic amines is 1. The van der Waals surface area contributed by atoms with Crippen molar-refractivity contribution in [3.05, 3.63) is 30.5 Å². The minimum atomic E-state index is 0.183. The molecule has 0 atom stereocenters. The van der Waals surface area contributed by atoms with Crippen molar-refractivity contribution in [1.82, 2.24) is 20.2 Å². The molecule has 0 fully saturated rings. The number of methoxy groups -OCH3 is 1. The predicted octanol–water partition coefficient (Wildman–Crippen LogP) is 1.69. The van der Waals surface area contributed by atoms with Gasteiger partial charge in [0.1, 0.15) is 11.6 Å². The van der Waals surface area contributed by atoms with Crippen LogP contribution in [-0.2, 0) is 0 Å². The van der Waals surface area contributed by atoms with Crippen molar-refractivity contribution in [2.45, 2.75) is 0 Å². The number of aromatic nitrogens is 4. The maximum Gasteiger partial charge on any atom is 0.224 e. The third-order valence-corrected chi connectivity index (χ3v) is 2.66. The van der Waals surface area contributed by atoms with Crippen LogP contribution in [0.2, 0.25) is 0 Å². The normalized spacial score (nSPS) is 10.6. The van der Waals surface area contributed by atoms with E-state index in [-0.39, 0.29) is 5.95 Å². The van der Waals surface area contributed by atoms with Crippen LogP contribution in [0.4, 0.5) is 17.5 Å². The van der Waals surface area contributed by atoms with Gasteiger partial charge in [-0.05, 0) is 12.1 Å². The lowest BCUT2D eigenvalue weighted by Crippen LogP contribution is -2.00. The van der Waals surface area contributed by atoms with Crippen molar-refractivity contribution in [2.75, 3.05) is 18.2 Å². The number of hydrogen-bond donors (Lipinski definition) is 3. The van der Waals surface area contributed by atoms with Crippen molar-refractivity contribution >= 4 is 28.5 Å². The molecule has 0 spiro atoms. The average Bonchev–Trinajstić information content (AvgIpc) is 2.87. The maximum atomic E-state index is 5.66. The van der Waals surface area contributed by atoms with Crippen LogP contribution in [0.3, 0.4) is 0 Å². The van der Waals surface area contributed by atoms with Gasteiger partial charge in [0.05, 0.1) is 18.7 Å². The van der Waals surface area contributed by atoms with E-state index < -0.39 is 0 Å². The predicted molar refractivity (Wildman–Crippen MR) is 72.4 cm³/mol. The van der Waals surface area contributed by atoms with Crippen LogP contribution >= 0.6 is 0 Å². The Morgan fingerprint density at radius 1 is 1.32 bits per heavy atom. The van der Waals surface area contributed by atoms with Crippen LogP contribution < -0.4 is 15.8 Å². The van der Waals surface area contributed by atoms with Gasteiger partial charge in [-0.3, -0.25) is 5.10 Å². The lowest BCUT2D eigenvalue weighted by molar-refractivity contribution is 0.415. The van der Waals surface area contributed by atoms with E-state index >= 15 is 0 Å². The molecule has 2 heterocycles. The molecule has 0 bridgehead atoms. The van der Waals surface area contributed by atoms with E-state index in [4.69, 9.17) is 10.5 Å². The first-order valence-corrected chi connectivity index (χ1v) is 5.64. The summed E-state index contributed by atoms with van der Waals surface area (Å²) < 4.78 is 5.17. The fourth-order valence-electron chi connectivity index (χ4n) is 1.79. The molecule has 3 aromatic rings. The van der Waals surface area contributed by atoms with Gasteiger partial charge in [0, 0.05) is 11.8 Å². The molecule has 0 saturated carbocycles. The van der Waals surface area contributed by atoms with E-state index in [2.05, 4.69) is 25.5 Å². The average molecular weight is 256 g/mol. The largest absolute Gasteiger partial charge is 0.497 e. The smallest absolute Gasteiger partial charge is 0.224 e. The van der Waals surface area contributed by atoms with Gasteiger partial charge in [0.25, 0.3) is 0 Å². The summed E-state index contributed by atoms with van der Waals surface area (Å²) >= 11 is 0. The van der Waals surface area contributed by atoms with Gasteiger partial charge in [-0.15, -0.1) is 0 Å². The molecule has 0 unspecified atom stereocenters. The second-order valence-electron chi connectivity index (χ2n) is 3.92. The molecule has 3 rings (SSSR count). The van der Waals surface area contributed by atoms with Crippen molar-refractivity contribution in [2.24, 2.45) is 0 Å². The Labute approximate surface area is 108 Å². The van der Waals surface area contributed by atoms with Gasteiger partial charge >= 0.3 is 0 Å². The lowest BCUT2D eigenvalue weighted by atomic mass is 10.3. The van der Waals surface area contributed by atoms with Crippen molar-refractivity contribution in [1.29, 1.82) is 0 Å². The van der Waals surface area contributed by atoms with Crippen LogP contribution in [0, 0.1) is 0 Å². The Bertz CT molecular complexity index is 723. The molecule has 0 radical (unpaired) electrons. The second kappa shape index (κ2) is 4.45. The Morgan fingerprint density at radius 2 is 2.21 bits per heavy atom. The highest BCUT2D eigenvalue weighted by atomic mass is 16.5. The van der Waals surface area contributed by atoms with Gasteiger partial charge in [-0.25, -0.2) is 0 Å². The summed E-state index contributed by atoms with van der Waals surface area (Å²) in [6.07, 6.45) is 1.65. The molecule has 0 saturated heterocycles. The zero-order valence-corrected chi connectivity index (χ0v) is 10.2. The van der Waals surface area contributed by atoms with E-state index in [1.807, 2.05) is 24.3 Å². The van der Waals surface area contributed by atoms with Gasteiger partial charge in [-0.2, -0.15) is 15.1 Å². The van der Waals surface area contributed by atoms with E-state index in [1.54, 1.807) is 13.3 Å². The number of nitrogens with one attached hydrogen (secondary N) is 2. The summed E-state index contributed by atoms with van der Waals surface area (Å²) in [4.78, 5) is 8.23. The SMILES string of the molecule is COc1cccc(Nc2nc(N)nc3[nH]ncc23)c1. The maximum absolute atomic E-state index is 5.66. The molecule has 2 aromatic heterocycles. The highest BCUT2D eigenvalue weighted by Crippen LogP contribution is 2.25. The minimum absolute atomic E-state index is 0.183. The van der Waals surface area contributed by atoms with Crippen LogP contribution in [0.25, 0.3) is 11.0 Å². The highest BCUT2D eigenvalue weighted by molar-refractivity contribution is 5.88. The summed E-state index contributed by atoms with van der Waals surface area (Å²) in [5, 5.41) is 10.6. The molecule has 7 nitrogen and oxygen atoms in total. The van der Waals surface area contributed by atoms with E-state index in [0.29, 0.717) is 11.5 Å². The zero-order chi connectivity index (χ0) is 13.2. The molecule has 0 aliphatic rings. The zero-order valence-electron chi connectivity index (χ0n) is 10.2. The molecule has 0 aliphatic carbocycles. The van der Waals surface area contributed by atoms with Crippen molar-refractivity contribution in [3.63, 3.8) is 0 Å². The first-order valence-electron chi connectivity index (χ1n) is 5.64. The number of anilines is 3. The number of ether oxygens (including phenoxy) is 1. The quantitative estimate of drug-likeness (QED) is 0.659. The van der Waals surface area contributed by atoms with Crippen molar-refractivity contribution in [3.8, 4) is 5.75 Å². The summed E-state index contributed by atoms with van der Waals surface area (Å²) in [5.41, 5.74) is 7.10. The van der Waals surface area contributed by atoms with Crippen molar-refractivity contribution < 1.29 is 4.74 Å². The Kier molecular flexibility index (Phi) is 2.64. The number of nitrogens with zero attached hydrogens (tertiary/aromatic N) is 3. The first kappa shape index (κ1) is 11.3. The minimum Gasteiger partial charge on any atom is -0.497 e. The first-order chi connectivity index (χ1) is 9.26. The number of H-pyrrole nitrogens is 1. The topological polar surface area (TPSA) is 102 Å². The van der Waals surface area contributed by atoms with Crippen LogP contribution in [0.1, 0.15) is 0 Å². The number of nitrogens with two attached hydrogens (primary N) is 1. The summed E-state index contributed by atoms with van der Waals surface area (Å²) in [6.45, 7) is 0. The molecule has 7 heteroatoms. The Hall–Kier alpha value is -2.83. The van der Waals surface area contributed by atoms with Gasteiger partial charge < -0.3 is 15.8 Å². The Balaban J connectivity index is 2.02. The van der Waals surface area contributed by atoms with Crippen LogP contribution in [0.15, 0.2) is 30.5 Å². The molecular weight excluding hydrogens is 244 g/mol. The van der Waals surface area contributed by atoms with Gasteiger partial charge in [-0.1, -0.05) is 6.07 Å². The number of rotatable bonds is 3. The third kappa shape index (κ3) is 2.13. The second-order valence-corrected chi connectivity index (χ2v) is 3.92. The number of hydrogen-bond acceptors (Lipinski definition) is 6. The fourth-order valence-corrected chi connectivity index (χ4v) is 1.79. The lowest BCUT2D eigenvalue weighted by Gasteiger charge is -2.08. The van der Waals surface area contributed by atoms with E-state index in [1.165, 1.54) is 0 Å². The molecule has 0 amide bonds. The molecule has 96 valence electrons. The number of nitrogen functional groups attached to an aromatic ring is 1. The number of fused-ring (bicyclic) bond motifs is 1. The monoisotopic (exact) mass is 256 g/mol. The van der Waals surface area contributed by atoms with Crippen LogP contribution in [0.5, 0.6) is 5.75 Å². The van der Waals surface area contributed by atoms with Gasteiger partial charge in [0.15, 0.2) is 5.65 Å². The fraction of sp³-hybridized carbons (Fsp3) is 0.0833. The standard InChI is InChI=1S/C12H12N6O/c1-19-8-4-2-3-7(5-8)15-10-9-6-14-18-11(9)17-12(13)16-10/h2-6H,1H3,(H4,13,14,15,16,17,18). The van der Waals surface area contributed by atoms with E-state index in [0.717, 1.165) is 16.8 Å². The van der Waals surface area contributed by atoms with Crippen LogP contribution in [-0.4, -0.2) is 27.3 Å². The summed E-state index contributed by atoms with van der Waals surface area (Å²) in [5.74, 6) is 1.54. The molecule has 0 aliphatic heterocycles. The third-order valence-electron chi connectivity index (χ3n) is 2.66. The molecule has 19 heavy (non-hydrogen) atoms. The molecule has 1 aromatic carbocycles. The summed E-state index contributed by atoms with van der Waals surface area (Å²) in [7, 11) is 1.62. The Morgan fingerprint density at radius 3 is 3.05 bits per heavy atom. The molecule has 4 N–H and O–H groups in total.